The Morgan fingerprint density at radius 3 is 2.50 bits per heavy atom. The highest BCUT2D eigenvalue weighted by Crippen LogP contribution is 2.23. The lowest BCUT2D eigenvalue weighted by Gasteiger charge is -1.96. The second-order valence-corrected chi connectivity index (χ2v) is 2.54. The Hall–Kier alpha value is -1.91. The number of aromatic hydroxyl groups is 1. The second kappa shape index (κ2) is 2.04. The number of rotatable bonds is 0. The van der Waals surface area contributed by atoms with Gasteiger partial charge in [0.1, 0.15) is 5.75 Å². The Balaban J connectivity index is 2.92. The molecular weight excluding hydrogens is 158 g/mol. The number of anilines is 1. The summed E-state index contributed by atoms with van der Waals surface area (Å²) < 4.78 is 0. The van der Waals surface area contributed by atoms with Gasteiger partial charge in [0, 0.05) is 6.07 Å². The molecule has 2 rings (SSSR count). The van der Waals surface area contributed by atoms with Gasteiger partial charge in [-0.2, -0.15) is 0 Å². The molecule has 2 aromatic rings. The van der Waals surface area contributed by atoms with E-state index < -0.39 is 0 Å². The molecule has 62 valence electrons. The number of hydrogen-bond donors (Lipinski definition) is 4. The standard InChI is InChI=1S/C7H7N3O2/c8-3-1-4-5(2-6(3)11)10-7(12)9-4/h1-2,11H,8H2,(H2,9,10,12). The molecule has 0 aliphatic carbocycles. The van der Waals surface area contributed by atoms with E-state index in [1.54, 1.807) is 0 Å². The van der Waals surface area contributed by atoms with E-state index in [0.29, 0.717) is 11.0 Å². The lowest BCUT2D eigenvalue weighted by Crippen LogP contribution is -1.99. The maximum atomic E-state index is 10.8. The fourth-order valence-electron chi connectivity index (χ4n) is 1.09. The number of fused-ring (bicyclic) bond motifs is 1. The first-order chi connectivity index (χ1) is 5.66. The number of nitrogens with one attached hydrogen (secondary N) is 2. The van der Waals surface area contributed by atoms with Crippen LogP contribution in [-0.4, -0.2) is 15.1 Å². The van der Waals surface area contributed by atoms with Crippen molar-refractivity contribution < 1.29 is 5.11 Å². The average molecular weight is 165 g/mol. The molecule has 0 amide bonds. The molecule has 12 heavy (non-hydrogen) atoms. The Bertz CT molecular complexity index is 441. The molecule has 0 saturated carbocycles. The normalized spacial score (nSPS) is 10.7. The molecule has 0 fully saturated rings. The largest absolute Gasteiger partial charge is 0.506 e. The minimum absolute atomic E-state index is 0.0299. The quantitative estimate of drug-likeness (QED) is 0.330. The number of aromatic nitrogens is 2. The van der Waals surface area contributed by atoms with Crippen molar-refractivity contribution in [3.05, 3.63) is 22.6 Å². The Morgan fingerprint density at radius 1 is 1.25 bits per heavy atom. The van der Waals surface area contributed by atoms with Crippen LogP contribution in [0.1, 0.15) is 0 Å². The molecule has 0 aliphatic heterocycles. The summed E-state index contributed by atoms with van der Waals surface area (Å²) in [6, 6.07) is 2.91. The monoisotopic (exact) mass is 165 g/mol. The number of nitrogen functional groups attached to an aromatic ring is 1. The SMILES string of the molecule is Nc1cc2[nH]c(=O)[nH]c2cc1O. The average Bonchev–Trinajstić information content (AvgIpc) is 2.30. The van der Waals surface area contributed by atoms with Crippen LogP contribution in [0, 0.1) is 0 Å². The number of aromatic amines is 2. The van der Waals surface area contributed by atoms with Gasteiger partial charge in [0.15, 0.2) is 0 Å². The Morgan fingerprint density at radius 2 is 1.83 bits per heavy atom. The molecule has 0 saturated heterocycles. The second-order valence-electron chi connectivity index (χ2n) is 2.54. The fraction of sp³-hybridized carbons (Fsp3) is 0. The number of benzene rings is 1. The maximum Gasteiger partial charge on any atom is 0.323 e. The highest BCUT2D eigenvalue weighted by molar-refractivity contribution is 5.81. The first-order valence-electron chi connectivity index (χ1n) is 3.37. The highest BCUT2D eigenvalue weighted by atomic mass is 16.3. The Labute approximate surface area is 66.8 Å². The van der Waals surface area contributed by atoms with Crippen LogP contribution in [0.5, 0.6) is 5.75 Å². The lowest BCUT2D eigenvalue weighted by atomic mass is 10.2. The third-order valence-corrected chi connectivity index (χ3v) is 1.66. The highest BCUT2D eigenvalue weighted by Gasteiger charge is 2.02. The minimum atomic E-state index is -0.310. The summed E-state index contributed by atoms with van der Waals surface area (Å²) in [6.07, 6.45) is 0. The summed E-state index contributed by atoms with van der Waals surface area (Å²) in [4.78, 5) is 15.8. The van der Waals surface area contributed by atoms with Crippen LogP contribution >= 0.6 is 0 Å². The maximum absolute atomic E-state index is 10.8. The van der Waals surface area contributed by atoms with Gasteiger partial charge in [-0.05, 0) is 6.07 Å². The molecule has 1 heterocycles. The first-order valence-corrected chi connectivity index (χ1v) is 3.37. The van der Waals surface area contributed by atoms with E-state index in [9.17, 15) is 4.79 Å². The molecule has 5 N–H and O–H groups in total. The third-order valence-electron chi connectivity index (χ3n) is 1.66. The van der Waals surface area contributed by atoms with Crippen LogP contribution in [0.4, 0.5) is 5.69 Å². The van der Waals surface area contributed by atoms with E-state index in [4.69, 9.17) is 10.8 Å². The van der Waals surface area contributed by atoms with Gasteiger partial charge in [-0.1, -0.05) is 0 Å². The van der Waals surface area contributed by atoms with Crippen molar-refractivity contribution in [2.45, 2.75) is 0 Å². The van der Waals surface area contributed by atoms with E-state index in [0.717, 1.165) is 0 Å². The zero-order valence-electron chi connectivity index (χ0n) is 6.09. The number of phenols is 1. The van der Waals surface area contributed by atoms with Gasteiger partial charge in [-0.25, -0.2) is 4.79 Å². The number of H-pyrrole nitrogens is 2. The molecule has 0 unspecified atom stereocenters. The molecule has 5 heteroatoms. The number of imidazole rings is 1. The molecular formula is C7H7N3O2. The number of nitrogens with two attached hydrogens (primary N) is 1. The molecule has 0 atom stereocenters. The van der Waals surface area contributed by atoms with Crippen molar-refractivity contribution >= 4 is 16.7 Å². The molecule has 0 radical (unpaired) electrons. The molecule has 0 spiro atoms. The number of phenolic OH excluding ortho intramolecular Hbond substituents is 1. The molecule has 1 aromatic heterocycles. The van der Waals surface area contributed by atoms with Gasteiger partial charge in [0.2, 0.25) is 0 Å². The van der Waals surface area contributed by atoms with Crippen molar-refractivity contribution in [3.63, 3.8) is 0 Å². The van der Waals surface area contributed by atoms with Crippen LogP contribution < -0.4 is 11.4 Å². The molecule has 0 bridgehead atoms. The summed E-state index contributed by atoms with van der Waals surface area (Å²) >= 11 is 0. The van der Waals surface area contributed by atoms with Gasteiger partial charge < -0.3 is 20.8 Å². The number of hydrogen-bond acceptors (Lipinski definition) is 3. The van der Waals surface area contributed by atoms with Crippen LogP contribution in [-0.2, 0) is 0 Å². The molecule has 0 aliphatic rings. The van der Waals surface area contributed by atoms with Gasteiger partial charge in [-0.15, -0.1) is 0 Å². The van der Waals surface area contributed by atoms with Crippen LogP contribution in [0.3, 0.4) is 0 Å². The van der Waals surface area contributed by atoms with Crippen LogP contribution in [0.2, 0.25) is 0 Å². The van der Waals surface area contributed by atoms with Crippen molar-refractivity contribution in [3.8, 4) is 5.75 Å². The van der Waals surface area contributed by atoms with E-state index >= 15 is 0 Å². The third kappa shape index (κ3) is 0.833. The molecule has 5 nitrogen and oxygen atoms in total. The minimum Gasteiger partial charge on any atom is -0.506 e. The summed E-state index contributed by atoms with van der Waals surface area (Å²) in [5, 5.41) is 9.17. The van der Waals surface area contributed by atoms with Crippen molar-refractivity contribution in [2.75, 3.05) is 5.73 Å². The summed E-state index contributed by atoms with van der Waals surface area (Å²) in [5.41, 5.74) is 6.49. The smallest absolute Gasteiger partial charge is 0.323 e. The van der Waals surface area contributed by atoms with E-state index in [1.807, 2.05) is 0 Å². The van der Waals surface area contributed by atoms with E-state index in [2.05, 4.69) is 9.97 Å². The molecule has 1 aromatic carbocycles. The zero-order valence-corrected chi connectivity index (χ0v) is 6.09. The predicted octanol–water partition coefficient (Wildman–Crippen LogP) is 0.144. The van der Waals surface area contributed by atoms with Crippen LogP contribution in [0.15, 0.2) is 16.9 Å². The summed E-state index contributed by atoms with van der Waals surface area (Å²) in [5.74, 6) is -0.0299. The fourth-order valence-corrected chi connectivity index (χ4v) is 1.09. The van der Waals surface area contributed by atoms with Crippen molar-refractivity contribution in [2.24, 2.45) is 0 Å². The summed E-state index contributed by atoms with van der Waals surface area (Å²) in [7, 11) is 0. The van der Waals surface area contributed by atoms with Gasteiger partial charge in [0.25, 0.3) is 0 Å². The van der Waals surface area contributed by atoms with Gasteiger partial charge in [0.05, 0.1) is 16.7 Å². The van der Waals surface area contributed by atoms with E-state index in [1.165, 1.54) is 12.1 Å². The summed E-state index contributed by atoms with van der Waals surface area (Å²) in [6.45, 7) is 0. The first kappa shape index (κ1) is 6.78. The lowest BCUT2D eigenvalue weighted by molar-refractivity contribution is 0.478. The topological polar surface area (TPSA) is 94.9 Å². The van der Waals surface area contributed by atoms with Crippen molar-refractivity contribution in [1.82, 2.24) is 9.97 Å². The van der Waals surface area contributed by atoms with Crippen molar-refractivity contribution in [1.29, 1.82) is 0 Å². The van der Waals surface area contributed by atoms with Gasteiger partial charge in [-0.3, -0.25) is 0 Å². The zero-order chi connectivity index (χ0) is 8.72. The Kier molecular flexibility index (Phi) is 1.15. The van der Waals surface area contributed by atoms with Crippen LogP contribution in [0.25, 0.3) is 11.0 Å². The van der Waals surface area contributed by atoms with E-state index in [-0.39, 0.29) is 17.1 Å². The van der Waals surface area contributed by atoms with Gasteiger partial charge >= 0.3 is 5.69 Å². The predicted molar refractivity (Wildman–Crippen MR) is 45.0 cm³/mol.